The minimum absolute atomic E-state index is 0.187. The van der Waals surface area contributed by atoms with Gasteiger partial charge in [0, 0.05) is 37.8 Å². The molecule has 2 unspecified atom stereocenters. The summed E-state index contributed by atoms with van der Waals surface area (Å²) in [5.41, 5.74) is 0.439. The van der Waals surface area contributed by atoms with Crippen molar-refractivity contribution in [2.24, 2.45) is 18.4 Å². The van der Waals surface area contributed by atoms with Crippen molar-refractivity contribution in [1.29, 1.82) is 0 Å². The second-order valence-corrected chi connectivity index (χ2v) is 10.5. The molecule has 9 nitrogen and oxygen atoms in total. The molecule has 1 aromatic heterocycles. The Morgan fingerprint density at radius 1 is 1.14 bits per heavy atom. The smallest absolute Gasteiger partial charge is 0.317 e. The van der Waals surface area contributed by atoms with Crippen LogP contribution in [0.25, 0.3) is 0 Å². The van der Waals surface area contributed by atoms with Gasteiger partial charge in [-0.3, -0.25) is 9.59 Å². The van der Waals surface area contributed by atoms with Gasteiger partial charge in [-0.1, -0.05) is 49.6 Å². The van der Waals surface area contributed by atoms with Gasteiger partial charge in [-0.2, -0.15) is 0 Å². The molecule has 37 heavy (non-hydrogen) atoms. The van der Waals surface area contributed by atoms with Crippen LogP contribution in [0.4, 0.5) is 4.79 Å². The monoisotopic (exact) mass is 509 g/mol. The number of carbonyl (C=O) groups is 3. The van der Waals surface area contributed by atoms with Crippen molar-refractivity contribution in [2.45, 2.75) is 63.3 Å². The molecule has 0 bridgehead atoms. The van der Waals surface area contributed by atoms with Crippen molar-refractivity contribution in [1.82, 2.24) is 25.5 Å². The molecule has 2 heterocycles. The van der Waals surface area contributed by atoms with E-state index in [0.717, 1.165) is 43.4 Å². The molecular weight excluding hydrogens is 470 g/mol. The van der Waals surface area contributed by atoms with Gasteiger partial charge in [0.05, 0.1) is 12.4 Å². The minimum atomic E-state index is -1.51. The van der Waals surface area contributed by atoms with Crippen molar-refractivity contribution >= 4 is 17.8 Å². The Bertz CT molecular complexity index is 1060. The van der Waals surface area contributed by atoms with Crippen molar-refractivity contribution < 1.29 is 19.5 Å². The van der Waals surface area contributed by atoms with Gasteiger partial charge in [0.2, 0.25) is 0 Å². The molecule has 4 rings (SSSR count). The number of hydrogen-bond donors (Lipinski definition) is 4. The molecule has 200 valence electrons. The lowest BCUT2D eigenvalue weighted by Gasteiger charge is -2.41. The van der Waals surface area contributed by atoms with Gasteiger partial charge < -0.3 is 25.6 Å². The minimum Gasteiger partial charge on any atom is -0.480 e. The highest BCUT2D eigenvalue weighted by atomic mass is 16.4. The van der Waals surface area contributed by atoms with Gasteiger partial charge in [-0.15, -0.1) is 0 Å². The average molecular weight is 510 g/mol. The van der Waals surface area contributed by atoms with E-state index in [1.807, 2.05) is 41.9 Å². The van der Waals surface area contributed by atoms with E-state index in [-0.39, 0.29) is 30.5 Å². The zero-order valence-corrected chi connectivity index (χ0v) is 21.6. The fourth-order valence-corrected chi connectivity index (χ4v) is 6.06. The Balaban J connectivity index is 1.63. The van der Waals surface area contributed by atoms with Gasteiger partial charge in [-0.25, -0.2) is 9.78 Å². The Morgan fingerprint density at radius 3 is 2.46 bits per heavy atom. The molecule has 0 radical (unpaired) electrons. The van der Waals surface area contributed by atoms with Gasteiger partial charge in [0.15, 0.2) is 5.78 Å². The third-order valence-corrected chi connectivity index (χ3v) is 8.19. The molecule has 1 saturated carbocycles. The van der Waals surface area contributed by atoms with E-state index in [1.54, 1.807) is 12.5 Å². The number of Topliss-reactive ketones (excluding diaryl/α,β-unsaturated/α-hetero) is 1. The summed E-state index contributed by atoms with van der Waals surface area (Å²) in [6.45, 7) is 1.29. The number of carbonyl (C=O) groups excluding carboxylic acids is 2. The molecule has 1 aliphatic carbocycles. The molecule has 1 aromatic carbocycles. The Labute approximate surface area is 218 Å². The number of amides is 2. The molecule has 2 atom stereocenters. The number of aryl methyl sites for hydroxylation is 1. The summed E-state index contributed by atoms with van der Waals surface area (Å²) in [7, 11) is 1.90. The SMILES string of the molecule is Cn1cncc1CCNC(=O)NC(C(=O)C1(C(=O)O)CCNCC1)C(c1ccccc1)C1CCCCC1. The van der Waals surface area contributed by atoms with Crippen LogP contribution in [0.2, 0.25) is 0 Å². The first kappa shape index (κ1) is 26.9. The number of nitrogens with zero attached hydrogens (tertiary/aromatic N) is 2. The van der Waals surface area contributed by atoms with Crippen LogP contribution in [0.3, 0.4) is 0 Å². The maximum atomic E-state index is 14.3. The molecule has 1 aliphatic heterocycles. The van der Waals surface area contributed by atoms with Gasteiger partial charge >= 0.3 is 12.0 Å². The molecule has 2 fully saturated rings. The molecule has 4 N–H and O–H groups in total. The highest BCUT2D eigenvalue weighted by Crippen LogP contribution is 2.42. The van der Waals surface area contributed by atoms with Crippen LogP contribution in [0.1, 0.15) is 62.1 Å². The lowest BCUT2D eigenvalue weighted by atomic mass is 9.66. The molecule has 2 amide bonds. The predicted molar refractivity (Wildman–Crippen MR) is 140 cm³/mol. The molecule has 1 saturated heterocycles. The van der Waals surface area contributed by atoms with E-state index in [2.05, 4.69) is 20.9 Å². The number of piperidine rings is 1. The summed E-state index contributed by atoms with van der Waals surface area (Å²) >= 11 is 0. The van der Waals surface area contributed by atoms with Crippen molar-refractivity contribution in [3.8, 4) is 0 Å². The molecule has 0 spiro atoms. The van der Waals surface area contributed by atoms with Crippen LogP contribution >= 0.6 is 0 Å². The number of hydrogen-bond acceptors (Lipinski definition) is 5. The number of ketones is 1. The maximum absolute atomic E-state index is 14.3. The van der Waals surface area contributed by atoms with Crippen LogP contribution in [-0.2, 0) is 23.1 Å². The summed E-state index contributed by atoms with van der Waals surface area (Å²) in [4.78, 5) is 44.2. The highest BCUT2D eigenvalue weighted by molar-refractivity contribution is 6.07. The number of aromatic nitrogens is 2. The van der Waals surface area contributed by atoms with Crippen LogP contribution < -0.4 is 16.0 Å². The van der Waals surface area contributed by atoms with E-state index in [1.165, 1.54) is 0 Å². The topological polar surface area (TPSA) is 125 Å². The summed E-state index contributed by atoms with van der Waals surface area (Å²) in [6, 6.07) is 8.43. The van der Waals surface area contributed by atoms with E-state index < -0.39 is 23.5 Å². The van der Waals surface area contributed by atoms with E-state index >= 15 is 0 Å². The van der Waals surface area contributed by atoms with Crippen molar-refractivity contribution in [2.75, 3.05) is 19.6 Å². The summed E-state index contributed by atoms with van der Waals surface area (Å²) < 4.78 is 1.90. The lowest BCUT2D eigenvalue weighted by molar-refractivity contribution is -0.158. The number of imidazole rings is 1. The van der Waals surface area contributed by atoms with Crippen LogP contribution in [0, 0.1) is 11.3 Å². The summed E-state index contributed by atoms with van der Waals surface area (Å²) in [5, 5.41) is 19.3. The molecule has 2 aliphatic rings. The Hall–Kier alpha value is -3.20. The number of urea groups is 1. The van der Waals surface area contributed by atoms with Gasteiger partial charge in [0.25, 0.3) is 0 Å². The number of rotatable bonds is 10. The predicted octanol–water partition coefficient (Wildman–Crippen LogP) is 3.02. The normalized spacial score (nSPS) is 19.5. The average Bonchev–Trinajstić information content (AvgIpc) is 3.33. The summed E-state index contributed by atoms with van der Waals surface area (Å²) in [6.07, 6.45) is 9.70. The quantitative estimate of drug-likeness (QED) is 0.365. The van der Waals surface area contributed by atoms with Crippen molar-refractivity contribution in [3.05, 3.63) is 54.1 Å². The van der Waals surface area contributed by atoms with E-state index in [9.17, 15) is 19.5 Å². The molecular formula is C28H39N5O4. The van der Waals surface area contributed by atoms with E-state index in [0.29, 0.717) is 26.1 Å². The number of benzene rings is 1. The number of nitrogens with one attached hydrogen (secondary N) is 3. The maximum Gasteiger partial charge on any atom is 0.317 e. The zero-order valence-electron chi connectivity index (χ0n) is 21.6. The number of carboxylic acid groups (broad SMARTS) is 1. The standard InChI is InChI=1S/C28H39N5O4/c1-33-19-30-18-22(33)12-15-31-27(37)32-24(25(34)28(26(35)36)13-16-29-17-14-28)23(20-8-4-2-5-9-20)21-10-6-3-7-11-21/h2,4-5,8-9,18-19,21,23-24,29H,3,6-7,10-17H2,1H3,(H,35,36)(H2,31,32,37). The number of carboxylic acids is 1. The second-order valence-electron chi connectivity index (χ2n) is 10.5. The van der Waals surface area contributed by atoms with Crippen LogP contribution in [-0.4, -0.2) is 58.1 Å². The van der Waals surface area contributed by atoms with Crippen molar-refractivity contribution in [3.63, 3.8) is 0 Å². The Kier molecular flexibility index (Phi) is 8.97. The Morgan fingerprint density at radius 2 is 1.84 bits per heavy atom. The first-order chi connectivity index (χ1) is 17.9. The lowest BCUT2D eigenvalue weighted by Crippen LogP contribution is -2.59. The van der Waals surface area contributed by atoms with Crippen LogP contribution in [0.15, 0.2) is 42.9 Å². The molecule has 2 aromatic rings. The fraction of sp³-hybridized carbons (Fsp3) is 0.571. The fourth-order valence-electron chi connectivity index (χ4n) is 6.06. The largest absolute Gasteiger partial charge is 0.480 e. The van der Waals surface area contributed by atoms with Gasteiger partial charge in [0.1, 0.15) is 5.41 Å². The first-order valence-corrected chi connectivity index (χ1v) is 13.5. The van der Waals surface area contributed by atoms with Crippen LogP contribution in [0.5, 0.6) is 0 Å². The third-order valence-electron chi connectivity index (χ3n) is 8.19. The highest BCUT2D eigenvalue weighted by Gasteiger charge is 2.52. The first-order valence-electron chi connectivity index (χ1n) is 13.5. The number of aliphatic carboxylic acids is 1. The van der Waals surface area contributed by atoms with Gasteiger partial charge in [-0.05, 0) is 50.3 Å². The second kappa shape index (κ2) is 12.4. The zero-order chi connectivity index (χ0) is 26.3. The third kappa shape index (κ3) is 6.21. The summed E-state index contributed by atoms with van der Waals surface area (Å²) in [5.74, 6) is -1.59. The molecule has 9 heteroatoms. The van der Waals surface area contributed by atoms with E-state index in [4.69, 9.17) is 0 Å².